The zero-order valence-electron chi connectivity index (χ0n) is 16.1. The fourth-order valence-corrected chi connectivity index (χ4v) is 3.93. The number of anilines is 4. The van der Waals surface area contributed by atoms with Crippen molar-refractivity contribution in [2.75, 3.05) is 54.5 Å². The number of aromatic nitrogens is 3. The molecule has 0 radical (unpaired) electrons. The first-order chi connectivity index (χ1) is 13.2. The van der Waals surface area contributed by atoms with Gasteiger partial charge >= 0.3 is 0 Å². The van der Waals surface area contributed by atoms with Gasteiger partial charge < -0.3 is 19.9 Å². The fourth-order valence-electron chi connectivity index (χ4n) is 3.93. The van der Waals surface area contributed by atoms with Crippen molar-refractivity contribution < 1.29 is 4.74 Å². The minimum Gasteiger partial charge on any atom is -0.378 e. The lowest BCUT2D eigenvalue weighted by Gasteiger charge is -2.35. The molecule has 0 bridgehead atoms. The Hall–Kier alpha value is -2.41. The third kappa shape index (κ3) is 4.47. The highest BCUT2D eigenvalue weighted by Gasteiger charge is 2.25. The number of benzene rings is 1. The first kappa shape index (κ1) is 18.0. The molecule has 2 atom stereocenters. The number of ether oxygens (including phenoxy) is 1. The van der Waals surface area contributed by atoms with E-state index >= 15 is 0 Å². The van der Waals surface area contributed by atoms with E-state index in [1.54, 1.807) is 0 Å². The Labute approximate surface area is 160 Å². The summed E-state index contributed by atoms with van der Waals surface area (Å²) < 4.78 is 5.48. The van der Waals surface area contributed by atoms with Crippen LogP contribution in [0.3, 0.4) is 0 Å². The van der Waals surface area contributed by atoms with Crippen molar-refractivity contribution in [1.29, 1.82) is 0 Å². The second kappa shape index (κ2) is 8.08. The highest BCUT2D eigenvalue weighted by atomic mass is 16.5. The summed E-state index contributed by atoms with van der Waals surface area (Å²) in [6.07, 6.45) is 1.26. The quantitative estimate of drug-likeness (QED) is 0.890. The molecule has 2 aromatic rings. The van der Waals surface area contributed by atoms with Crippen molar-refractivity contribution in [2.24, 2.45) is 11.8 Å². The number of morpholine rings is 1. The molecule has 27 heavy (non-hydrogen) atoms. The second-order valence-corrected chi connectivity index (χ2v) is 7.70. The summed E-state index contributed by atoms with van der Waals surface area (Å²) in [6, 6.07) is 10.0. The van der Waals surface area contributed by atoms with Gasteiger partial charge in [-0.3, -0.25) is 0 Å². The average Bonchev–Trinajstić information content (AvgIpc) is 2.68. The van der Waals surface area contributed by atoms with Crippen LogP contribution < -0.4 is 15.1 Å². The van der Waals surface area contributed by atoms with Gasteiger partial charge in [-0.1, -0.05) is 32.0 Å². The van der Waals surface area contributed by atoms with Gasteiger partial charge in [0.2, 0.25) is 17.8 Å². The van der Waals surface area contributed by atoms with E-state index in [9.17, 15) is 0 Å². The molecule has 0 unspecified atom stereocenters. The highest BCUT2D eigenvalue weighted by molar-refractivity contribution is 5.56. The van der Waals surface area contributed by atoms with E-state index < -0.39 is 0 Å². The number of hydrogen-bond donors (Lipinski definition) is 1. The molecule has 2 fully saturated rings. The summed E-state index contributed by atoms with van der Waals surface area (Å²) in [5, 5.41) is 3.34. The lowest BCUT2D eigenvalue weighted by molar-refractivity contribution is 0.122. The number of hydrogen-bond acceptors (Lipinski definition) is 7. The van der Waals surface area contributed by atoms with Gasteiger partial charge in [-0.25, -0.2) is 0 Å². The highest BCUT2D eigenvalue weighted by Crippen LogP contribution is 2.26. The van der Waals surface area contributed by atoms with Crippen LogP contribution >= 0.6 is 0 Å². The molecular formula is C20H28N6O. The molecular weight excluding hydrogens is 340 g/mol. The lowest BCUT2D eigenvalue weighted by atomic mass is 9.92. The van der Waals surface area contributed by atoms with Crippen LogP contribution in [-0.4, -0.2) is 54.3 Å². The largest absolute Gasteiger partial charge is 0.378 e. The number of rotatable bonds is 4. The van der Waals surface area contributed by atoms with Gasteiger partial charge in [0.15, 0.2) is 0 Å². The third-order valence-electron chi connectivity index (χ3n) is 5.09. The molecule has 1 aromatic heterocycles. The number of piperidine rings is 1. The molecule has 0 spiro atoms. The summed E-state index contributed by atoms with van der Waals surface area (Å²) in [5.74, 6) is 3.38. The summed E-state index contributed by atoms with van der Waals surface area (Å²) in [7, 11) is 0. The van der Waals surface area contributed by atoms with Crippen LogP contribution in [0.5, 0.6) is 0 Å². The van der Waals surface area contributed by atoms with E-state index in [0.29, 0.717) is 31.0 Å². The summed E-state index contributed by atoms with van der Waals surface area (Å²) in [5.41, 5.74) is 0.975. The van der Waals surface area contributed by atoms with Gasteiger partial charge in [-0.2, -0.15) is 15.0 Å². The predicted octanol–water partition coefficient (Wildman–Crippen LogP) is 2.93. The first-order valence-corrected chi connectivity index (χ1v) is 9.83. The van der Waals surface area contributed by atoms with Crippen LogP contribution in [0, 0.1) is 11.8 Å². The van der Waals surface area contributed by atoms with Crippen molar-refractivity contribution in [1.82, 2.24) is 15.0 Å². The van der Waals surface area contributed by atoms with Crippen LogP contribution in [0.4, 0.5) is 23.5 Å². The van der Waals surface area contributed by atoms with E-state index in [0.717, 1.165) is 43.8 Å². The normalized spacial score (nSPS) is 23.3. The Balaban J connectivity index is 1.65. The molecule has 0 amide bonds. The Morgan fingerprint density at radius 2 is 1.52 bits per heavy atom. The standard InChI is InChI=1S/C20H28N6O/c1-15-12-16(2)14-26(13-15)20-23-18(21-17-6-4-3-5-7-17)22-19(24-20)25-8-10-27-11-9-25/h3-7,15-16H,8-14H2,1-2H3,(H,21,22,23,24)/t15-,16-/m0/s1. The fraction of sp³-hybridized carbons (Fsp3) is 0.550. The molecule has 2 aliphatic rings. The maximum Gasteiger partial charge on any atom is 0.233 e. The van der Waals surface area contributed by atoms with Crippen molar-refractivity contribution in [3.63, 3.8) is 0 Å². The van der Waals surface area contributed by atoms with Gasteiger partial charge in [0, 0.05) is 31.9 Å². The molecule has 0 aliphatic carbocycles. The number of para-hydroxylation sites is 1. The topological polar surface area (TPSA) is 66.4 Å². The van der Waals surface area contributed by atoms with Crippen LogP contribution in [-0.2, 0) is 4.74 Å². The van der Waals surface area contributed by atoms with E-state index in [1.807, 2.05) is 30.3 Å². The minimum atomic E-state index is 0.596. The Bertz CT molecular complexity index is 739. The molecule has 1 N–H and O–H groups in total. The Morgan fingerprint density at radius 3 is 2.19 bits per heavy atom. The maximum absolute atomic E-state index is 5.48. The van der Waals surface area contributed by atoms with E-state index in [4.69, 9.17) is 19.7 Å². The van der Waals surface area contributed by atoms with Crippen LogP contribution in [0.25, 0.3) is 0 Å². The smallest absolute Gasteiger partial charge is 0.233 e. The minimum absolute atomic E-state index is 0.596. The third-order valence-corrected chi connectivity index (χ3v) is 5.09. The Kier molecular flexibility index (Phi) is 5.38. The molecule has 2 saturated heterocycles. The van der Waals surface area contributed by atoms with Crippen LogP contribution in [0.1, 0.15) is 20.3 Å². The zero-order valence-corrected chi connectivity index (χ0v) is 16.1. The Morgan fingerprint density at radius 1 is 0.889 bits per heavy atom. The van der Waals surface area contributed by atoms with Crippen molar-refractivity contribution in [2.45, 2.75) is 20.3 Å². The number of nitrogens with one attached hydrogen (secondary N) is 1. The van der Waals surface area contributed by atoms with Gasteiger partial charge in [0.1, 0.15) is 0 Å². The molecule has 7 heteroatoms. The summed E-state index contributed by atoms with van der Waals surface area (Å²) in [4.78, 5) is 18.8. The number of nitrogens with zero attached hydrogens (tertiary/aromatic N) is 5. The predicted molar refractivity (Wildman–Crippen MR) is 108 cm³/mol. The van der Waals surface area contributed by atoms with Gasteiger partial charge in [0.25, 0.3) is 0 Å². The van der Waals surface area contributed by atoms with Crippen molar-refractivity contribution >= 4 is 23.5 Å². The van der Waals surface area contributed by atoms with E-state index in [1.165, 1.54) is 6.42 Å². The zero-order chi connectivity index (χ0) is 18.6. The monoisotopic (exact) mass is 368 g/mol. The molecule has 3 heterocycles. The first-order valence-electron chi connectivity index (χ1n) is 9.83. The van der Waals surface area contributed by atoms with Crippen LogP contribution in [0.2, 0.25) is 0 Å². The van der Waals surface area contributed by atoms with Gasteiger partial charge in [-0.05, 0) is 30.4 Å². The summed E-state index contributed by atoms with van der Waals surface area (Å²) in [6.45, 7) is 9.61. The second-order valence-electron chi connectivity index (χ2n) is 7.70. The van der Waals surface area contributed by atoms with E-state index in [2.05, 4.69) is 29.0 Å². The molecule has 0 saturated carbocycles. The molecule has 4 rings (SSSR count). The summed E-state index contributed by atoms with van der Waals surface area (Å²) >= 11 is 0. The van der Waals surface area contributed by atoms with E-state index in [-0.39, 0.29) is 0 Å². The lowest BCUT2D eigenvalue weighted by Crippen LogP contribution is -2.41. The SMILES string of the molecule is C[C@H]1C[C@H](C)CN(c2nc(Nc3ccccc3)nc(N3CCOCC3)n2)C1. The van der Waals surface area contributed by atoms with Crippen molar-refractivity contribution in [3.05, 3.63) is 30.3 Å². The van der Waals surface area contributed by atoms with Crippen LogP contribution in [0.15, 0.2) is 30.3 Å². The average molecular weight is 368 g/mol. The van der Waals surface area contributed by atoms with Gasteiger partial charge in [0.05, 0.1) is 13.2 Å². The maximum atomic E-state index is 5.48. The van der Waals surface area contributed by atoms with Gasteiger partial charge in [-0.15, -0.1) is 0 Å². The molecule has 1 aromatic carbocycles. The molecule has 144 valence electrons. The molecule has 7 nitrogen and oxygen atoms in total. The van der Waals surface area contributed by atoms with Crippen molar-refractivity contribution in [3.8, 4) is 0 Å². The molecule has 2 aliphatic heterocycles.